The number of thiophene rings is 1. The molecule has 0 amide bonds. The highest BCUT2D eigenvalue weighted by Gasteiger charge is 2.25. The second kappa shape index (κ2) is 8.18. The number of hydrogen-bond acceptors (Lipinski definition) is 5. The van der Waals surface area contributed by atoms with Crippen molar-refractivity contribution in [3.63, 3.8) is 0 Å². The predicted molar refractivity (Wildman–Crippen MR) is 76.4 cm³/mol. The van der Waals surface area contributed by atoms with E-state index in [4.69, 9.17) is 21.1 Å². The normalized spacial score (nSPS) is 12.2. The van der Waals surface area contributed by atoms with E-state index in [-0.39, 0.29) is 4.90 Å². The Balaban J connectivity index is 2.90. The van der Waals surface area contributed by atoms with E-state index in [2.05, 4.69) is 0 Å². The summed E-state index contributed by atoms with van der Waals surface area (Å²) in [7, 11) is -0.432. The zero-order chi connectivity index (χ0) is 14.3. The predicted octanol–water partition coefficient (Wildman–Crippen LogP) is 1.77. The van der Waals surface area contributed by atoms with Crippen molar-refractivity contribution >= 4 is 33.0 Å². The maximum absolute atomic E-state index is 12.5. The van der Waals surface area contributed by atoms with E-state index in [0.717, 1.165) is 4.88 Å². The van der Waals surface area contributed by atoms with Crippen LogP contribution in [-0.2, 0) is 25.4 Å². The minimum absolute atomic E-state index is 0.278. The van der Waals surface area contributed by atoms with Gasteiger partial charge in [-0.2, -0.15) is 4.31 Å². The molecule has 0 atom stereocenters. The smallest absolute Gasteiger partial charge is 0.244 e. The molecule has 0 aliphatic rings. The summed E-state index contributed by atoms with van der Waals surface area (Å²) in [6.07, 6.45) is 0. The zero-order valence-corrected chi connectivity index (χ0v) is 13.4. The molecule has 0 fully saturated rings. The van der Waals surface area contributed by atoms with Gasteiger partial charge in [0.2, 0.25) is 10.0 Å². The highest BCUT2D eigenvalue weighted by molar-refractivity contribution is 7.89. The molecule has 0 radical (unpaired) electrons. The molecule has 0 N–H and O–H groups in total. The maximum atomic E-state index is 12.5. The van der Waals surface area contributed by atoms with E-state index >= 15 is 0 Å². The number of halogens is 1. The molecule has 1 heterocycles. The average Bonchev–Trinajstić information content (AvgIpc) is 2.88. The summed E-state index contributed by atoms with van der Waals surface area (Å²) in [4.78, 5) is 1.11. The SMILES string of the molecule is COCCN(CCOC)S(=O)(=O)c1csc(CCl)c1. The van der Waals surface area contributed by atoms with Crippen LogP contribution in [0.2, 0.25) is 0 Å². The maximum Gasteiger partial charge on any atom is 0.244 e. The lowest BCUT2D eigenvalue weighted by Crippen LogP contribution is -2.36. The molecule has 0 unspecified atom stereocenters. The molecule has 0 aliphatic heterocycles. The van der Waals surface area contributed by atoms with Crippen LogP contribution in [0.3, 0.4) is 0 Å². The molecule has 0 bridgehead atoms. The minimum Gasteiger partial charge on any atom is -0.383 e. The number of rotatable bonds is 9. The van der Waals surface area contributed by atoms with Crippen molar-refractivity contribution in [2.24, 2.45) is 0 Å². The van der Waals surface area contributed by atoms with Crippen molar-refractivity contribution in [2.75, 3.05) is 40.5 Å². The van der Waals surface area contributed by atoms with Gasteiger partial charge in [0.25, 0.3) is 0 Å². The van der Waals surface area contributed by atoms with Crippen LogP contribution in [0.5, 0.6) is 0 Å². The number of alkyl halides is 1. The van der Waals surface area contributed by atoms with E-state index in [1.165, 1.54) is 29.9 Å². The third-order valence-electron chi connectivity index (χ3n) is 2.49. The standard InChI is InChI=1S/C11H18ClNO4S2/c1-16-5-3-13(4-6-17-2)19(14,15)11-7-10(8-12)18-9-11/h7,9H,3-6,8H2,1-2H3. The van der Waals surface area contributed by atoms with Crippen LogP contribution >= 0.6 is 22.9 Å². The molecule has 0 aromatic carbocycles. The van der Waals surface area contributed by atoms with Crippen LogP contribution in [0.4, 0.5) is 0 Å². The lowest BCUT2D eigenvalue weighted by Gasteiger charge is -2.20. The van der Waals surface area contributed by atoms with Gasteiger partial charge in [0.15, 0.2) is 0 Å². The monoisotopic (exact) mass is 327 g/mol. The van der Waals surface area contributed by atoms with Crippen molar-refractivity contribution in [1.82, 2.24) is 4.31 Å². The van der Waals surface area contributed by atoms with Crippen molar-refractivity contribution in [1.29, 1.82) is 0 Å². The number of methoxy groups -OCH3 is 2. The number of hydrogen-bond donors (Lipinski definition) is 0. The van der Waals surface area contributed by atoms with Crippen LogP contribution in [0, 0.1) is 0 Å². The number of ether oxygens (including phenoxy) is 2. The largest absolute Gasteiger partial charge is 0.383 e. The molecule has 1 aromatic rings. The van der Waals surface area contributed by atoms with Gasteiger partial charge >= 0.3 is 0 Å². The second-order valence-corrected chi connectivity index (χ2v) is 6.97. The van der Waals surface area contributed by atoms with E-state index in [1.54, 1.807) is 11.4 Å². The van der Waals surface area contributed by atoms with Gasteiger partial charge in [0, 0.05) is 37.6 Å². The van der Waals surface area contributed by atoms with E-state index in [9.17, 15) is 8.42 Å². The third kappa shape index (κ3) is 4.70. The lowest BCUT2D eigenvalue weighted by molar-refractivity contribution is 0.150. The van der Waals surface area contributed by atoms with Gasteiger partial charge in [0.1, 0.15) is 0 Å². The van der Waals surface area contributed by atoms with E-state index < -0.39 is 10.0 Å². The van der Waals surface area contributed by atoms with Crippen molar-refractivity contribution < 1.29 is 17.9 Å². The van der Waals surface area contributed by atoms with Crippen molar-refractivity contribution in [3.05, 3.63) is 16.3 Å². The molecule has 0 spiro atoms. The van der Waals surface area contributed by atoms with Crippen LogP contribution < -0.4 is 0 Å². The molecule has 5 nitrogen and oxygen atoms in total. The Morgan fingerprint density at radius 1 is 1.26 bits per heavy atom. The molecule has 0 saturated carbocycles. The van der Waals surface area contributed by atoms with Crippen LogP contribution in [0.25, 0.3) is 0 Å². The first-order valence-electron chi connectivity index (χ1n) is 5.67. The highest BCUT2D eigenvalue weighted by Crippen LogP contribution is 2.23. The van der Waals surface area contributed by atoms with E-state index in [1.807, 2.05) is 0 Å². The van der Waals surface area contributed by atoms with Crippen molar-refractivity contribution in [2.45, 2.75) is 10.8 Å². The van der Waals surface area contributed by atoms with Gasteiger partial charge in [-0.1, -0.05) is 0 Å². The molecule has 1 aromatic heterocycles. The van der Waals surface area contributed by atoms with Gasteiger partial charge in [-0.25, -0.2) is 8.42 Å². The molecule has 0 aliphatic carbocycles. The van der Waals surface area contributed by atoms with Gasteiger partial charge in [-0.05, 0) is 6.07 Å². The Morgan fingerprint density at radius 3 is 2.26 bits per heavy atom. The van der Waals surface area contributed by atoms with Gasteiger partial charge in [-0.3, -0.25) is 0 Å². The minimum atomic E-state index is -3.51. The molecule has 8 heteroatoms. The topological polar surface area (TPSA) is 55.8 Å². The zero-order valence-electron chi connectivity index (χ0n) is 11.0. The van der Waals surface area contributed by atoms with Crippen LogP contribution in [0.15, 0.2) is 16.3 Å². The summed E-state index contributed by atoms with van der Waals surface area (Å²) in [5.41, 5.74) is 0. The third-order valence-corrected chi connectivity index (χ3v) is 5.90. The summed E-state index contributed by atoms with van der Waals surface area (Å²) in [6.45, 7) is 1.29. The Morgan fingerprint density at radius 2 is 1.84 bits per heavy atom. The van der Waals surface area contributed by atoms with Crippen LogP contribution in [-0.4, -0.2) is 53.2 Å². The van der Waals surface area contributed by atoms with Gasteiger partial charge in [0.05, 0.1) is 24.0 Å². The van der Waals surface area contributed by atoms with Crippen LogP contribution in [0.1, 0.15) is 4.88 Å². The average molecular weight is 328 g/mol. The summed E-state index contributed by atoms with van der Waals surface area (Å²) < 4.78 is 36.2. The Kier molecular flexibility index (Phi) is 7.27. The molecular formula is C11H18ClNO4S2. The number of nitrogens with zero attached hydrogens (tertiary/aromatic N) is 1. The summed E-state index contributed by atoms with van der Waals surface area (Å²) in [6, 6.07) is 1.61. The fourth-order valence-electron chi connectivity index (χ4n) is 1.45. The fraction of sp³-hybridized carbons (Fsp3) is 0.636. The molecule has 0 saturated heterocycles. The number of sulfonamides is 1. The second-order valence-electron chi connectivity index (χ2n) is 3.77. The first-order valence-corrected chi connectivity index (χ1v) is 8.53. The van der Waals surface area contributed by atoms with Crippen molar-refractivity contribution in [3.8, 4) is 0 Å². The highest BCUT2D eigenvalue weighted by atomic mass is 35.5. The Labute approximate surface area is 123 Å². The molecule has 110 valence electrons. The Hall–Kier alpha value is -0.180. The first-order chi connectivity index (χ1) is 9.06. The van der Waals surface area contributed by atoms with Gasteiger partial charge < -0.3 is 9.47 Å². The Bertz CT molecular complexity index is 467. The summed E-state index contributed by atoms with van der Waals surface area (Å²) >= 11 is 7.04. The van der Waals surface area contributed by atoms with Gasteiger partial charge in [-0.15, -0.1) is 22.9 Å². The van der Waals surface area contributed by atoms with E-state index in [0.29, 0.717) is 32.2 Å². The molecule has 19 heavy (non-hydrogen) atoms. The first kappa shape index (κ1) is 16.9. The molecular weight excluding hydrogens is 310 g/mol. The fourth-order valence-corrected chi connectivity index (χ4v) is 4.24. The summed E-state index contributed by atoms with van der Waals surface area (Å²) in [5, 5.41) is 1.61. The summed E-state index contributed by atoms with van der Waals surface area (Å²) in [5.74, 6) is 0.316. The lowest BCUT2D eigenvalue weighted by atomic mass is 10.5. The molecule has 1 rings (SSSR count). The quantitative estimate of drug-likeness (QED) is 0.649.